The highest BCUT2D eigenvalue weighted by Crippen LogP contribution is 2.49. The van der Waals surface area contributed by atoms with Gasteiger partial charge in [0.1, 0.15) is 0 Å². The molecule has 24 heavy (non-hydrogen) atoms. The van der Waals surface area contributed by atoms with Crippen LogP contribution in [-0.4, -0.2) is 53.5 Å². The fraction of sp³-hybridized carbons (Fsp3) is 0.842. The monoisotopic (exact) mass is 334 g/mol. The summed E-state index contributed by atoms with van der Waals surface area (Å²) >= 11 is 0. The van der Waals surface area contributed by atoms with E-state index in [1.807, 2.05) is 7.05 Å². The molecular formula is C19H34N4O. The Hall–Kier alpha value is -0.910. The average molecular weight is 335 g/mol. The number of hydrogen-bond acceptors (Lipinski definition) is 4. The van der Waals surface area contributed by atoms with Crippen molar-refractivity contribution in [3.63, 3.8) is 0 Å². The largest absolute Gasteiger partial charge is 0.369 e. The van der Waals surface area contributed by atoms with Crippen LogP contribution in [0.1, 0.15) is 69.5 Å². The molecule has 1 saturated carbocycles. The van der Waals surface area contributed by atoms with Gasteiger partial charge in [-0.05, 0) is 66.5 Å². The SMILES string of the molecule is CNCCN(C)Cc1c[nH]nc1C1CCC2(CC1)CCC(C)(C)O2. The van der Waals surface area contributed by atoms with Crippen molar-refractivity contribution in [2.75, 3.05) is 27.2 Å². The number of aromatic nitrogens is 2. The van der Waals surface area contributed by atoms with Gasteiger partial charge in [0, 0.05) is 37.3 Å². The fourth-order valence-corrected chi connectivity index (χ4v) is 4.46. The highest BCUT2D eigenvalue weighted by molar-refractivity contribution is 5.21. The predicted molar refractivity (Wildman–Crippen MR) is 97.2 cm³/mol. The fourth-order valence-electron chi connectivity index (χ4n) is 4.46. The summed E-state index contributed by atoms with van der Waals surface area (Å²) in [5, 5.41) is 10.9. The summed E-state index contributed by atoms with van der Waals surface area (Å²) in [6.07, 6.45) is 9.29. The maximum absolute atomic E-state index is 6.44. The molecule has 1 aromatic heterocycles. The summed E-state index contributed by atoms with van der Waals surface area (Å²) in [5.74, 6) is 0.585. The van der Waals surface area contributed by atoms with Crippen LogP contribution in [0.4, 0.5) is 0 Å². The zero-order chi connectivity index (χ0) is 17.2. The minimum absolute atomic E-state index is 0.0698. The lowest BCUT2D eigenvalue weighted by atomic mass is 9.75. The van der Waals surface area contributed by atoms with Crippen molar-refractivity contribution in [1.82, 2.24) is 20.4 Å². The summed E-state index contributed by atoms with van der Waals surface area (Å²) in [6.45, 7) is 7.51. The molecule has 1 aliphatic heterocycles. The summed E-state index contributed by atoms with van der Waals surface area (Å²) < 4.78 is 6.44. The average Bonchev–Trinajstić information content (AvgIpc) is 3.11. The van der Waals surface area contributed by atoms with Crippen molar-refractivity contribution in [3.8, 4) is 0 Å². The third-order valence-electron chi connectivity index (χ3n) is 5.90. The second-order valence-corrected chi connectivity index (χ2v) is 8.46. The number of aromatic amines is 1. The summed E-state index contributed by atoms with van der Waals surface area (Å²) in [5.41, 5.74) is 2.88. The van der Waals surface area contributed by atoms with Gasteiger partial charge < -0.3 is 15.0 Å². The van der Waals surface area contributed by atoms with Gasteiger partial charge in [-0.1, -0.05) is 0 Å². The second-order valence-electron chi connectivity index (χ2n) is 8.46. The molecule has 0 radical (unpaired) electrons. The van der Waals surface area contributed by atoms with E-state index in [1.165, 1.54) is 49.8 Å². The van der Waals surface area contributed by atoms with Gasteiger partial charge in [-0.3, -0.25) is 5.10 Å². The number of H-pyrrole nitrogens is 1. The molecule has 1 spiro atoms. The lowest BCUT2D eigenvalue weighted by Crippen LogP contribution is -2.36. The van der Waals surface area contributed by atoms with E-state index < -0.39 is 0 Å². The van der Waals surface area contributed by atoms with Gasteiger partial charge in [0.05, 0.1) is 16.9 Å². The maximum atomic E-state index is 6.44. The van der Waals surface area contributed by atoms with E-state index in [4.69, 9.17) is 4.74 Å². The first-order valence-electron chi connectivity index (χ1n) is 9.49. The molecule has 0 bridgehead atoms. The van der Waals surface area contributed by atoms with Crippen LogP contribution < -0.4 is 5.32 Å². The Morgan fingerprint density at radius 3 is 2.67 bits per heavy atom. The molecule has 3 rings (SSSR count). The van der Waals surface area contributed by atoms with E-state index >= 15 is 0 Å². The molecule has 0 amide bonds. The Labute approximate surface area is 146 Å². The van der Waals surface area contributed by atoms with Crippen LogP contribution in [0, 0.1) is 0 Å². The third-order valence-corrected chi connectivity index (χ3v) is 5.90. The number of nitrogens with one attached hydrogen (secondary N) is 2. The molecule has 136 valence electrons. The third kappa shape index (κ3) is 4.01. The minimum Gasteiger partial charge on any atom is -0.369 e. The van der Waals surface area contributed by atoms with Crippen molar-refractivity contribution < 1.29 is 4.74 Å². The molecule has 0 atom stereocenters. The van der Waals surface area contributed by atoms with E-state index in [1.54, 1.807) is 0 Å². The Kier molecular flexibility index (Phi) is 5.33. The van der Waals surface area contributed by atoms with Gasteiger partial charge in [-0.25, -0.2) is 0 Å². The molecule has 1 aliphatic carbocycles. The van der Waals surface area contributed by atoms with Gasteiger partial charge in [0.25, 0.3) is 0 Å². The van der Waals surface area contributed by atoms with Crippen LogP contribution in [0.3, 0.4) is 0 Å². The molecule has 0 unspecified atom stereocenters. The van der Waals surface area contributed by atoms with E-state index in [-0.39, 0.29) is 11.2 Å². The van der Waals surface area contributed by atoms with E-state index in [0.29, 0.717) is 5.92 Å². The van der Waals surface area contributed by atoms with Crippen molar-refractivity contribution in [2.24, 2.45) is 0 Å². The predicted octanol–water partition coefficient (Wildman–Crippen LogP) is 3.05. The smallest absolute Gasteiger partial charge is 0.0697 e. The van der Waals surface area contributed by atoms with E-state index in [9.17, 15) is 0 Å². The first kappa shape index (κ1) is 17.9. The zero-order valence-corrected chi connectivity index (χ0v) is 15.8. The highest BCUT2D eigenvalue weighted by atomic mass is 16.5. The highest BCUT2D eigenvalue weighted by Gasteiger charge is 2.46. The lowest BCUT2D eigenvalue weighted by Gasteiger charge is -2.38. The maximum Gasteiger partial charge on any atom is 0.0697 e. The Balaban J connectivity index is 1.58. The molecular weight excluding hydrogens is 300 g/mol. The van der Waals surface area contributed by atoms with Gasteiger partial charge >= 0.3 is 0 Å². The molecule has 2 N–H and O–H groups in total. The van der Waals surface area contributed by atoms with Gasteiger partial charge in [0.2, 0.25) is 0 Å². The molecule has 5 nitrogen and oxygen atoms in total. The molecule has 5 heteroatoms. The topological polar surface area (TPSA) is 53.2 Å². The zero-order valence-electron chi connectivity index (χ0n) is 15.8. The number of nitrogens with zero attached hydrogens (tertiary/aromatic N) is 2. The quantitative estimate of drug-likeness (QED) is 0.839. The molecule has 1 saturated heterocycles. The molecule has 2 heterocycles. The van der Waals surface area contributed by atoms with Gasteiger partial charge in [0.15, 0.2) is 0 Å². The number of hydrogen-bond donors (Lipinski definition) is 2. The van der Waals surface area contributed by atoms with Crippen molar-refractivity contribution in [2.45, 2.75) is 76.0 Å². The van der Waals surface area contributed by atoms with Crippen LogP contribution in [-0.2, 0) is 11.3 Å². The first-order chi connectivity index (χ1) is 11.4. The van der Waals surface area contributed by atoms with Gasteiger partial charge in [-0.2, -0.15) is 5.10 Å². The molecule has 1 aromatic rings. The second kappa shape index (κ2) is 7.14. The van der Waals surface area contributed by atoms with Crippen LogP contribution in [0.5, 0.6) is 0 Å². The number of ether oxygens (including phenoxy) is 1. The van der Waals surface area contributed by atoms with Crippen LogP contribution in [0.25, 0.3) is 0 Å². The first-order valence-corrected chi connectivity index (χ1v) is 9.49. The summed E-state index contributed by atoms with van der Waals surface area (Å²) in [7, 11) is 4.18. The van der Waals surface area contributed by atoms with Crippen LogP contribution >= 0.6 is 0 Å². The van der Waals surface area contributed by atoms with E-state index in [2.05, 4.69) is 47.5 Å². The number of likely N-dealkylation sites (N-methyl/N-ethyl adjacent to an activating group) is 2. The van der Waals surface area contributed by atoms with Crippen molar-refractivity contribution >= 4 is 0 Å². The van der Waals surface area contributed by atoms with Crippen molar-refractivity contribution in [3.05, 3.63) is 17.5 Å². The van der Waals surface area contributed by atoms with E-state index in [0.717, 1.165) is 19.6 Å². The summed E-state index contributed by atoms with van der Waals surface area (Å²) in [4.78, 5) is 2.36. The summed E-state index contributed by atoms with van der Waals surface area (Å²) in [6, 6.07) is 0. The normalized spacial score (nSPS) is 29.6. The Bertz CT molecular complexity index is 531. The molecule has 2 fully saturated rings. The number of rotatable bonds is 6. The minimum atomic E-state index is 0.0698. The van der Waals surface area contributed by atoms with Crippen LogP contribution in [0.2, 0.25) is 0 Å². The van der Waals surface area contributed by atoms with Crippen LogP contribution in [0.15, 0.2) is 6.20 Å². The molecule has 2 aliphatic rings. The Morgan fingerprint density at radius 2 is 2.04 bits per heavy atom. The Morgan fingerprint density at radius 1 is 1.29 bits per heavy atom. The van der Waals surface area contributed by atoms with Gasteiger partial charge in [-0.15, -0.1) is 0 Å². The van der Waals surface area contributed by atoms with Crippen molar-refractivity contribution in [1.29, 1.82) is 0 Å². The lowest BCUT2D eigenvalue weighted by molar-refractivity contribution is -0.105. The molecule has 0 aromatic carbocycles. The standard InChI is InChI=1S/C19H34N4O/c1-18(2)9-10-19(24-18)7-5-15(6-8-19)17-16(13-21-22-17)14-23(4)12-11-20-3/h13,15,20H,5-12,14H2,1-4H3,(H,21,22).